The van der Waals surface area contributed by atoms with Crippen LogP contribution in [0.15, 0.2) is 30.7 Å². The summed E-state index contributed by atoms with van der Waals surface area (Å²) < 4.78 is 39.5. The van der Waals surface area contributed by atoms with Crippen molar-refractivity contribution in [2.24, 2.45) is 5.73 Å². The van der Waals surface area contributed by atoms with E-state index in [0.717, 1.165) is 10.9 Å². The van der Waals surface area contributed by atoms with Crippen molar-refractivity contribution in [1.29, 1.82) is 0 Å². The van der Waals surface area contributed by atoms with Gasteiger partial charge in [0.05, 0.1) is 11.9 Å². The number of nitrogens with two attached hydrogens (primary N) is 1. The van der Waals surface area contributed by atoms with Crippen LogP contribution in [-0.2, 0) is 12.7 Å². The Morgan fingerprint density at radius 2 is 1.88 bits per heavy atom. The monoisotopic (exact) mass is 242 g/mol. The van der Waals surface area contributed by atoms with Gasteiger partial charge in [-0.25, -0.2) is 4.68 Å². The summed E-state index contributed by atoms with van der Waals surface area (Å²) >= 11 is 0. The number of hydrogen-bond acceptors (Lipinski definition) is 3. The van der Waals surface area contributed by atoms with Gasteiger partial charge in [-0.2, -0.15) is 18.3 Å². The van der Waals surface area contributed by atoms with Crippen LogP contribution in [0.1, 0.15) is 11.3 Å². The first-order chi connectivity index (χ1) is 8.04. The van der Waals surface area contributed by atoms with Crippen molar-refractivity contribution in [1.82, 2.24) is 14.8 Å². The van der Waals surface area contributed by atoms with Gasteiger partial charge in [0.1, 0.15) is 0 Å². The van der Waals surface area contributed by atoms with Crippen LogP contribution in [0.2, 0.25) is 0 Å². The lowest BCUT2D eigenvalue weighted by molar-refractivity contribution is -0.143. The zero-order chi connectivity index (χ0) is 12.5. The predicted octanol–water partition coefficient (Wildman–Crippen LogP) is 1.74. The van der Waals surface area contributed by atoms with E-state index in [1.807, 2.05) is 0 Å². The summed E-state index contributed by atoms with van der Waals surface area (Å²) in [7, 11) is 0. The van der Waals surface area contributed by atoms with Gasteiger partial charge >= 0.3 is 6.18 Å². The minimum absolute atomic E-state index is 0.0330. The first-order valence-electron chi connectivity index (χ1n) is 4.78. The fourth-order valence-corrected chi connectivity index (χ4v) is 1.51. The summed E-state index contributed by atoms with van der Waals surface area (Å²) in [5, 5.41) is 3.71. The van der Waals surface area contributed by atoms with Gasteiger partial charge in [0.15, 0.2) is 5.69 Å². The smallest absolute Gasteiger partial charge is 0.326 e. The van der Waals surface area contributed by atoms with Crippen molar-refractivity contribution in [2.45, 2.75) is 12.7 Å². The molecule has 2 aromatic heterocycles. The molecule has 0 radical (unpaired) electrons. The van der Waals surface area contributed by atoms with Crippen molar-refractivity contribution in [3.05, 3.63) is 42.0 Å². The Hall–Kier alpha value is -1.89. The van der Waals surface area contributed by atoms with Crippen molar-refractivity contribution < 1.29 is 13.2 Å². The Bertz CT molecular complexity index is 504. The highest BCUT2D eigenvalue weighted by molar-refractivity contribution is 5.34. The fourth-order valence-electron chi connectivity index (χ4n) is 1.51. The Labute approximate surface area is 94.9 Å². The van der Waals surface area contributed by atoms with Crippen molar-refractivity contribution >= 4 is 0 Å². The lowest BCUT2D eigenvalue weighted by Gasteiger charge is -2.11. The van der Waals surface area contributed by atoms with Gasteiger partial charge in [-0.15, -0.1) is 0 Å². The zero-order valence-corrected chi connectivity index (χ0v) is 8.65. The summed E-state index contributed by atoms with van der Waals surface area (Å²) in [5.41, 5.74) is 4.70. The average Bonchev–Trinajstić information content (AvgIpc) is 2.73. The second-order valence-corrected chi connectivity index (χ2v) is 3.34. The fraction of sp³-hybridized carbons (Fsp3) is 0.200. The van der Waals surface area contributed by atoms with Crippen LogP contribution in [0, 0.1) is 0 Å². The van der Waals surface area contributed by atoms with E-state index in [1.54, 1.807) is 0 Å². The van der Waals surface area contributed by atoms with E-state index in [1.165, 1.54) is 24.5 Å². The number of nitrogens with zero attached hydrogens (tertiary/aromatic N) is 3. The molecule has 0 aromatic carbocycles. The molecule has 0 unspecified atom stereocenters. The second kappa shape index (κ2) is 4.17. The predicted molar refractivity (Wildman–Crippen MR) is 54.3 cm³/mol. The molecule has 0 fully saturated rings. The van der Waals surface area contributed by atoms with E-state index in [-0.39, 0.29) is 12.1 Å². The Kier molecular flexibility index (Phi) is 2.84. The number of aromatic nitrogens is 3. The zero-order valence-electron chi connectivity index (χ0n) is 8.65. The molecule has 0 bridgehead atoms. The Morgan fingerprint density at radius 3 is 2.41 bits per heavy atom. The molecule has 0 aliphatic carbocycles. The molecule has 90 valence electrons. The molecular weight excluding hydrogens is 233 g/mol. The number of alkyl halides is 3. The second-order valence-electron chi connectivity index (χ2n) is 3.34. The summed E-state index contributed by atoms with van der Waals surface area (Å²) in [5.74, 6) is 0. The van der Waals surface area contributed by atoms with Crippen molar-refractivity contribution in [2.75, 3.05) is 0 Å². The summed E-state index contributed by atoms with van der Waals surface area (Å²) in [4.78, 5) is 3.74. The topological polar surface area (TPSA) is 56.7 Å². The van der Waals surface area contributed by atoms with Crippen molar-refractivity contribution in [3.63, 3.8) is 0 Å². The van der Waals surface area contributed by atoms with Crippen LogP contribution < -0.4 is 5.73 Å². The molecule has 17 heavy (non-hydrogen) atoms. The van der Waals surface area contributed by atoms with Gasteiger partial charge in [0.2, 0.25) is 0 Å². The van der Waals surface area contributed by atoms with E-state index in [0.29, 0.717) is 5.69 Å². The minimum atomic E-state index is -4.49. The highest BCUT2D eigenvalue weighted by atomic mass is 19.4. The third-order valence-electron chi connectivity index (χ3n) is 2.24. The molecular formula is C10H9F3N4. The molecule has 2 aromatic rings. The molecule has 2 N–H and O–H groups in total. The normalized spacial score (nSPS) is 11.8. The summed E-state index contributed by atoms with van der Waals surface area (Å²) in [6, 6.07) is 2.89. The van der Waals surface area contributed by atoms with Crippen molar-refractivity contribution in [3.8, 4) is 5.69 Å². The molecule has 2 rings (SSSR count). The maximum Gasteiger partial charge on any atom is 0.433 e. The van der Waals surface area contributed by atoms with Gasteiger partial charge in [-0.05, 0) is 12.1 Å². The van der Waals surface area contributed by atoms with E-state index in [4.69, 9.17) is 5.73 Å². The van der Waals surface area contributed by atoms with E-state index in [9.17, 15) is 13.2 Å². The molecule has 7 heteroatoms. The molecule has 0 aliphatic rings. The molecule has 0 aliphatic heterocycles. The van der Waals surface area contributed by atoms with E-state index in [2.05, 4.69) is 10.1 Å². The third kappa shape index (κ3) is 2.14. The van der Waals surface area contributed by atoms with E-state index < -0.39 is 11.9 Å². The molecule has 0 saturated carbocycles. The number of halogens is 3. The lowest BCUT2D eigenvalue weighted by Crippen LogP contribution is -2.16. The molecule has 0 spiro atoms. The third-order valence-corrected chi connectivity index (χ3v) is 2.24. The van der Waals surface area contributed by atoms with E-state index >= 15 is 0 Å². The highest BCUT2D eigenvalue weighted by Crippen LogP contribution is 2.33. The van der Waals surface area contributed by atoms with Crippen LogP contribution in [0.4, 0.5) is 13.2 Å². The number of hydrogen-bond donors (Lipinski definition) is 1. The highest BCUT2D eigenvalue weighted by Gasteiger charge is 2.38. The summed E-state index contributed by atoms with van der Waals surface area (Å²) in [6.45, 7) is -0.208. The standard InChI is InChI=1S/C10H9F3N4/c11-10(12,13)9-7(5-14)6-16-17(9)8-1-3-15-4-2-8/h1-4,6H,5,14H2. The Balaban J connectivity index is 2.60. The van der Waals surface area contributed by atoms with Gasteiger partial charge in [0.25, 0.3) is 0 Å². The lowest BCUT2D eigenvalue weighted by atomic mass is 10.2. The molecule has 4 nitrogen and oxygen atoms in total. The maximum atomic E-state index is 12.9. The molecule has 0 saturated heterocycles. The largest absolute Gasteiger partial charge is 0.433 e. The van der Waals surface area contributed by atoms with Crippen LogP contribution in [0.3, 0.4) is 0 Å². The first-order valence-corrected chi connectivity index (χ1v) is 4.78. The first kappa shape index (κ1) is 11.6. The number of pyridine rings is 1. The molecule has 0 amide bonds. The SMILES string of the molecule is NCc1cnn(-c2ccncc2)c1C(F)(F)F. The minimum Gasteiger partial charge on any atom is -0.326 e. The van der Waals surface area contributed by atoms with Gasteiger partial charge in [-0.3, -0.25) is 4.98 Å². The van der Waals surface area contributed by atoms with Gasteiger partial charge < -0.3 is 5.73 Å². The number of rotatable bonds is 2. The Morgan fingerprint density at radius 1 is 1.24 bits per heavy atom. The van der Waals surface area contributed by atoms with Crippen LogP contribution in [-0.4, -0.2) is 14.8 Å². The van der Waals surface area contributed by atoms with Crippen LogP contribution >= 0.6 is 0 Å². The van der Waals surface area contributed by atoms with Crippen LogP contribution in [0.25, 0.3) is 5.69 Å². The van der Waals surface area contributed by atoms with Gasteiger partial charge in [-0.1, -0.05) is 0 Å². The molecule has 0 atom stereocenters. The molecule has 2 heterocycles. The van der Waals surface area contributed by atoms with Gasteiger partial charge in [0, 0.05) is 24.5 Å². The quantitative estimate of drug-likeness (QED) is 0.872. The summed E-state index contributed by atoms with van der Waals surface area (Å²) in [6.07, 6.45) is -0.559. The average molecular weight is 242 g/mol. The van der Waals surface area contributed by atoms with Crippen LogP contribution in [0.5, 0.6) is 0 Å². The maximum absolute atomic E-state index is 12.9.